The standard InChI is InChI=1S/C20H25ClN2O5S2/c1-4-23(5-2)30(27,28)17-10-11-18(21)19(14-17)22-20(24)12-13-29(25,26)16-8-6-15(3)7-9-16/h6-11,14H,4-5,12-13H2,1-3H3,(H,22,24). The first kappa shape index (κ1) is 24.3. The molecule has 2 aromatic rings. The van der Waals surface area contributed by atoms with Crippen LogP contribution in [0.4, 0.5) is 5.69 Å². The second kappa shape index (κ2) is 9.91. The van der Waals surface area contributed by atoms with Crippen LogP contribution in [0.2, 0.25) is 5.02 Å². The lowest BCUT2D eigenvalue weighted by Gasteiger charge is -2.19. The molecule has 1 N–H and O–H groups in total. The van der Waals surface area contributed by atoms with Gasteiger partial charge in [-0.1, -0.05) is 43.1 Å². The Morgan fingerprint density at radius 2 is 1.53 bits per heavy atom. The van der Waals surface area contributed by atoms with Crippen molar-refractivity contribution in [2.45, 2.75) is 37.0 Å². The van der Waals surface area contributed by atoms with Gasteiger partial charge in [0, 0.05) is 19.5 Å². The number of hydrogen-bond acceptors (Lipinski definition) is 5. The molecule has 0 fully saturated rings. The van der Waals surface area contributed by atoms with E-state index in [1.54, 1.807) is 26.0 Å². The molecule has 0 heterocycles. The summed E-state index contributed by atoms with van der Waals surface area (Å²) in [5, 5.41) is 2.67. The summed E-state index contributed by atoms with van der Waals surface area (Å²) < 4.78 is 51.4. The number of nitrogens with one attached hydrogen (secondary N) is 1. The van der Waals surface area contributed by atoms with Gasteiger partial charge in [0.1, 0.15) is 0 Å². The summed E-state index contributed by atoms with van der Waals surface area (Å²) in [6.07, 6.45) is -0.292. The molecule has 7 nitrogen and oxygen atoms in total. The maximum absolute atomic E-state index is 12.7. The molecule has 0 aliphatic carbocycles. The van der Waals surface area contributed by atoms with Crippen LogP contribution in [0.5, 0.6) is 0 Å². The number of benzene rings is 2. The number of nitrogens with zero attached hydrogens (tertiary/aromatic N) is 1. The molecule has 0 aliphatic heterocycles. The third-order valence-electron chi connectivity index (χ3n) is 4.53. The Bertz CT molecular complexity index is 1110. The predicted octanol–water partition coefficient (Wildman–Crippen LogP) is 3.48. The van der Waals surface area contributed by atoms with E-state index in [0.717, 1.165) is 5.56 Å². The summed E-state index contributed by atoms with van der Waals surface area (Å²) in [6, 6.07) is 10.4. The van der Waals surface area contributed by atoms with Crippen LogP contribution >= 0.6 is 11.6 Å². The number of anilines is 1. The molecular formula is C20H25ClN2O5S2. The Kier molecular flexibility index (Phi) is 8.04. The van der Waals surface area contributed by atoms with Crippen molar-refractivity contribution >= 4 is 43.1 Å². The quantitative estimate of drug-likeness (QED) is 0.602. The van der Waals surface area contributed by atoms with E-state index >= 15 is 0 Å². The van der Waals surface area contributed by atoms with Gasteiger partial charge in [-0.2, -0.15) is 4.31 Å². The number of sulfone groups is 1. The summed E-state index contributed by atoms with van der Waals surface area (Å²) >= 11 is 6.10. The molecule has 30 heavy (non-hydrogen) atoms. The summed E-state index contributed by atoms with van der Waals surface area (Å²) in [5.41, 5.74) is 1.04. The first-order chi connectivity index (χ1) is 14.0. The Balaban J connectivity index is 2.14. The largest absolute Gasteiger partial charge is 0.325 e. The van der Waals surface area contributed by atoms with E-state index in [2.05, 4.69) is 5.32 Å². The van der Waals surface area contributed by atoms with Crippen LogP contribution in [0.3, 0.4) is 0 Å². The highest BCUT2D eigenvalue weighted by atomic mass is 35.5. The lowest BCUT2D eigenvalue weighted by Crippen LogP contribution is -2.30. The average Bonchev–Trinajstić information content (AvgIpc) is 2.69. The fourth-order valence-corrected chi connectivity index (χ4v) is 5.67. The van der Waals surface area contributed by atoms with E-state index in [-0.39, 0.29) is 32.7 Å². The highest BCUT2D eigenvalue weighted by Gasteiger charge is 2.23. The van der Waals surface area contributed by atoms with Crippen LogP contribution in [0, 0.1) is 6.92 Å². The van der Waals surface area contributed by atoms with Crippen LogP contribution in [0.1, 0.15) is 25.8 Å². The fraction of sp³-hybridized carbons (Fsp3) is 0.350. The number of halogens is 1. The van der Waals surface area contributed by atoms with Gasteiger partial charge in [-0.3, -0.25) is 4.79 Å². The molecule has 0 unspecified atom stereocenters. The topological polar surface area (TPSA) is 101 Å². The zero-order valence-corrected chi connectivity index (χ0v) is 19.4. The van der Waals surface area contributed by atoms with Gasteiger partial charge in [-0.25, -0.2) is 16.8 Å². The molecule has 0 aliphatic rings. The minimum Gasteiger partial charge on any atom is -0.325 e. The zero-order valence-electron chi connectivity index (χ0n) is 17.1. The van der Waals surface area contributed by atoms with Crippen LogP contribution in [-0.2, 0) is 24.7 Å². The van der Waals surface area contributed by atoms with Crippen LogP contribution in [0.25, 0.3) is 0 Å². The van der Waals surface area contributed by atoms with E-state index in [1.165, 1.54) is 34.6 Å². The van der Waals surface area contributed by atoms with E-state index in [4.69, 9.17) is 11.6 Å². The Morgan fingerprint density at radius 1 is 0.967 bits per heavy atom. The Labute approximate surface area is 183 Å². The number of carbonyl (C=O) groups is 1. The van der Waals surface area contributed by atoms with Crippen molar-refractivity contribution in [3.05, 3.63) is 53.1 Å². The maximum Gasteiger partial charge on any atom is 0.243 e. The summed E-state index contributed by atoms with van der Waals surface area (Å²) in [4.78, 5) is 12.5. The van der Waals surface area contributed by atoms with Gasteiger partial charge < -0.3 is 5.32 Å². The number of rotatable bonds is 9. The molecule has 0 bridgehead atoms. The zero-order chi connectivity index (χ0) is 22.5. The molecule has 2 rings (SSSR count). The molecule has 164 valence electrons. The van der Waals surface area contributed by atoms with Gasteiger partial charge in [0.25, 0.3) is 0 Å². The van der Waals surface area contributed by atoms with E-state index in [0.29, 0.717) is 13.1 Å². The van der Waals surface area contributed by atoms with Crippen molar-refractivity contribution in [2.24, 2.45) is 0 Å². The number of sulfonamides is 1. The van der Waals surface area contributed by atoms with Crippen LogP contribution < -0.4 is 5.32 Å². The van der Waals surface area contributed by atoms with E-state index in [9.17, 15) is 21.6 Å². The van der Waals surface area contributed by atoms with Gasteiger partial charge >= 0.3 is 0 Å². The predicted molar refractivity (Wildman–Crippen MR) is 118 cm³/mol. The minimum atomic E-state index is -3.72. The number of amides is 1. The number of carbonyl (C=O) groups excluding carboxylic acids is 1. The van der Waals surface area contributed by atoms with Crippen molar-refractivity contribution in [2.75, 3.05) is 24.2 Å². The van der Waals surface area contributed by atoms with Gasteiger partial charge in [0.15, 0.2) is 9.84 Å². The van der Waals surface area contributed by atoms with Crippen LogP contribution in [-0.4, -0.2) is 45.9 Å². The Hall–Kier alpha value is -1.94. The SMILES string of the molecule is CCN(CC)S(=O)(=O)c1ccc(Cl)c(NC(=O)CCS(=O)(=O)c2ccc(C)cc2)c1. The first-order valence-electron chi connectivity index (χ1n) is 9.40. The molecule has 1 amide bonds. The third-order valence-corrected chi connectivity index (χ3v) is 8.64. The van der Waals surface area contributed by atoms with Crippen molar-refractivity contribution in [1.29, 1.82) is 0 Å². The van der Waals surface area contributed by atoms with Crippen molar-refractivity contribution in [1.82, 2.24) is 4.31 Å². The first-order valence-corrected chi connectivity index (χ1v) is 12.9. The molecule has 0 radical (unpaired) electrons. The minimum absolute atomic E-state index is 0.00169. The monoisotopic (exact) mass is 472 g/mol. The lowest BCUT2D eigenvalue weighted by molar-refractivity contribution is -0.115. The lowest BCUT2D eigenvalue weighted by atomic mass is 10.2. The molecule has 0 saturated carbocycles. The van der Waals surface area contributed by atoms with Crippen LogP contribution in [0.15, 0.2) is 52.3 Å². The number of aryl methyl sites for hydroxylation is 1. The van der Waals surface area contributed by atoms with Gasteiger partial charge in [-0.05, 0) is 37.3 Å². The van der Waals surface area contributed by atoms with Crippen molar-refractivity contribution < 1.29 is 21.6 Å². The Morgan fingerprint density at radius 3 is 2.10 bits per heavy atom. The molecular weight excluding hydrogens is 448 g/mol. The highest BCUT2D eigenvalue weighted by molar-refractivity contribution is 7.91. The summed E-state index contributed by atoms with van der Waals surface area (Å²) in [5.74, 6) is -0.957. The van der Waals surface area contributed by atoms with Gasteiger partial charge in [0.05, 0.1) is 26.3 Å². The molecule has 2 aromatic carbocycles. The molecule has 0 atom stereocenters. The van der Waals surface area contributed by atoms with Gasteiger partial charge in [-0.15, -0.1) is 0 Å². The molecule has 0 spiro atoms. The molecule has 10 heteroatoms. The van der Waals surface area contributed by atoms with E-state index in [1.807, 2.05) is 6.92 Å². The number of hydrogen-bond donors (Lipinski definition) is 1. The smallest absolute Gasteiger partial charge is 0.243 e. The fourth-order valence-electron chi connectivity index (χ4n) is 2.78. The van der Waals surface area contributed by atoms with E-state index < -0.39 is 25.8 Å². The van der Waals surface area contributed by atoms with Gasteiger partial charge in [0.2, 0.25) is 15.9 Å². The average molecular weight is 473 g/mol. The normalized spacial score (nSPS) is 12.2. The summed E-state index contributed by atoms with van der Waals surface area (Å²) in [6.45, 7) is 5.92. The highest BCUT2D eigenvalue weighted by Crippen LogP contribution is 2.27. The molecule has 0 saturated heterocycles. The maximum atomic E-state index is 12.7. The van der Waals surface area contributed by atoms with Crippen molar-refractivity contribution in [3.8, 4) is 0 Å². The summed E-state index contributed by atoms with van der Waals surface area (Å²) in [7, 11) is -7.34. The molecule has 0 aromatic heterocycles. The second-order valence-corrected chi connectivity index (χ2v) is 11.1. The van der Waals surface area contributed by atoms with Crippen molar-refractivity contribution in [3.63, 3.8) is 0 Å². The third kappa shape index (κ3) is 5.81. The second-order valence-electron chi connectivity index (χ2n) is 6.66.